The SMILES string of the molecule is O=C(CCl)Nc1ccc2c(c1)-n1cccc1C2=O. The van der Waals surface area contributed by atoms with E-state index in [4.69, 9.17) is 11.6 Å². The summed E-state index contributed by atoms with van der Waals surface area (Å²) in [6.07, 6.45) is 1.83. The monoisotopic (exact) mass is 260 g/mol. The maximum Gasteiger partial charge on any atom is 0.239 e. The van der Waals surface area contributed by atoms with Crippen molar-refractivity contribution >= 4 is 29.0 Å². The topological polar surface area (TPSA) is 51.1 Å². The average molecular weight is 261 g/mol. The van der Waals surface area contributed by atoms with Crippen molar-refractivity contribution in [3.8, 4) is 5.69 Å². The summed E-state index contributed by atoms with van der Waals surface area (Å²) in [4.78, 5) is 23.2. The van der Waals surface area contributed by atoms with Crippen molar-refractivity contribution in [3.05, 3.63) is 47.8 Å². The number of hydrogen-bond donors (Lipinski definition) is 1. The van der Waals surface area contributed by atoms with Gasteiger partial charge in [-0.05, 0) is 30.3 Å². The Bertz CT molecular complexity index is 661. The highest BCUT2D eigenvalue weighted by Crippen LogP contribution is 2.30. The highest BCUT2D eigenvalue weighted by atomic mass is 35.5. The number of benzene rings is 1. The fourth-order valence-electron chi connectivity index (χ4n) is 2.11. The van der Waals surface area contributed by atoms with Gasteiger partial charge in [0.25, 0.3) is 0 Å². The number of aromatic nitrogens is 1. The quantitative estimate of drug-likeness (QED) is 0.718. The molecule has 5 heteroatoms. The number of rotatable bonds is 2. The molecule has 0 atom stereocenters. The van der Waals surface area contributed by atoms with Gasteiger partial charge in [0, 0.05) is 17.4 Å². The molecule has 0 saturated carbocycles. The minimum Gasteiger partial charge on any atom is -0.325 e. The molecule has 1 aromatic heterocycles. The zero-order valence-electron chi connectivity index (χ0n) is 9.31. The first kappa shape index (κ1) is 11.0. The number of ketones is 1. The minimum absolute atomic E-state index is 0.00483. The standard InChI is InChI=1S/C13H9ClN2O2/c14-7-12(17)15-8-3-4-9-11(6-8)16-5-1-2-10(16)13(9)18/h1-6H,7H2,(H,15,17). The van der Waals surface area contributed by atoms with Crippen LogP contribution in [0, 0.1) is 0 Å². The Morgan fingerprint density at radius 1 is 1.33 bits per heavy atom. The normalized spacial score (nSPS) is 12.2. The number of hydrogen-bond acceptors (Lipinski definition) is 2. The summed E-state index contributed by atoms with van der Waals surface area (Å²) < 4.78 is 1.81. The molecule has 1 amide bonds. The van der Waals surface area contributed by atoms with E-state index in [1.165, 1.54) is 0 Å². The maximum atomic E-state index is 12.0. The molecule has 4 nitrogen and oxygen atoms in total. The second-order valence-corrected chi connectivity index (χ2v) is 4.27. The number of halogens is 1. The molecule has 1 aliphatic rings. The minimum atomic E-state index is -0.270. The van der Waals surface area contributed by atoms with Gasteiger partial charge in [-0.25, -0.2) is 0 Å². The second-order valence-electron chi connectivity index (χ2n) is 4.01. The predicted molar refractivity (Wildman–Crippen MR) is 68.6 cm³/mol. The van der Waals surface area contributed by atoms with Crippen LogP contribution in [-0.4, -0.2) is 22.1 Å². The van der Waals surface area contributed by atoms with Crippen molar-refractivity contribution in [2.75, 3.05) is 11.2 Å². The van der Waals surface area contributed by atoms with Crippen LogP contribution in [0.5, 0.6) is 0 Å². The van der Waals surface area contributed by atoms with Crippen LogP contribution in [0.2, 0.25) is 0 Å². The molecule has 1 N–H and O–H groups in total. The summed E-state index contributed by atoms with van der Waals surface area (Å²) in [5.74, 6) is -0.357. The summed E-state index contributed by atoms with van der Waals surface area (Å²) in [6, 6.07) is 8.79. The largest absolute Gasteiger partial charge is 0.325 e. The van der Waals surface area contributed by atoms with Gasteiger partial charge in [-0.2, -0.15) is 0 Å². The molecule has 0 radical (unpaired) electrons. The zero-order valence-corrected chi connectivity index (χ0v) is 10.1. The van der Waals surface area contributed by atoms with E-state index < -0.39 is 0 Å². The fourth-order valence-corrected chi connectivity index (χ4v) is 2.18. The number of nitrogens with one attached hydrogen (secondary N) is 1. The van der Waals surface area contributed by atoms with Gasteiger partial charge in [-0.3, -0.25) is 9.59 Å². The molecular formula is C13H9ClN2O2. The Hall–Kier alpha value is -2.07. The van der Waals surface area contributed by atoms with Crippen LogP contribution in [0.25, 0.3) is 5.69 Å². The Kier molecular flexibility index (Phi) is 2.45. The third-order valence-electron chi connectivity index (χ3n) is 2.89. The molecule has 1 aliphatic heterocycles. The third kappa shape index (κ3) is 1.54. The number of anilines is 1. The van der Waals surface area contributed by atoms with E-state index in [0.717, 1.165) is 5.69 Å². The van der Waals surface area contributed by atoms with Crippen LogP contribution in [0.1, 0.15) is 16.1 Å². The molecule has 0 unspecified atom stereocenters. The molecule has 0 bridgehead atoms. The van der Waals surface area contributed by atoms with Gasteiger partial charge in [0.15, 0.2) is 0 Å². The summed E-state index contributed by atoms with van der Waals surface area (Å²) in [6.45, 7) is 0. The van der Waals surface area contributed by atoms with Crippen molar-refractivity contribution in [1.29, 1.82) is 0 Å². The van der Waals surface area contributed by atoms with Crippen molar-refractivity contribution in [1.82, 2.24) is 4.57 Å². The Morgan fingerprint density at radius 2 is 2.17 bits per heavy atom. The molecule has 0 fully saturated rings. The lowest BCUT2D eigenvalue weighted by Crippen LogP contribution is -2.12. The summed E-state index contributed by atoms with van der Waals surface area (Å²) in [7, 11) is 0. The van der Waals surface area contributed by atoms with Crippen molar-refractivity contribution in [3.63, 3.8) is 0 Å². The summed E-state index contributed by atoms with van der Waals surface area (Å²) in [5, 5.41) is 2.66. The number of fused-ring (bicyclic) bond motifs is 3. The smallest absolute Gasteiger partial charge is 0.239 e. The van der Waals surface area contributed by atoms with E-state index in [0.29, 0.717) is 16.9 Å². The molecule has 1 aromatic carbocycles. The van der Waals surface area contributed by atoms with Crippen molar-refractivity contribution in [2.45, 2.75) is 0 Å². The van der Waals surface area contributed by atoms with Gasteiger partial charge in [-0.15, -0.1) is 11.6 Å². The van der Waals surface area contributed by atoms with Gasteiger partial charge in [0.1, 0.15) is 5.88 Å². The van der Waals surface area contributed by atoms with Crippen molar-refractivity contribution < 1.29 is 9.59 Å². The Labute approximate surface area is 108 Å². The van der Waals surface area contributed by atoms with Crippen LogP contribution >= 0.6 is 11.6 Å². The molecule has 90 valence electrons. The molecule has 0 aliphatic carbocycles. The molecule has 3 rings (SSSR count). The zero-order chi connectivity index (χ0) is 12.7. The van der Waals surface area contributed by atoms with Crippen LogP contribution in [-0.2, 0) is 4.79 Å². The van der Waals surface area contributed by atoms with Crippen LogP contribution in [0.4, 0.5) is 5.69 Å². The fraction of sp³-hybridized carbons (Fsp3) is 0.0769. The van der Waals surface area contributed by atoms with Gasteiger partial charge in [0.2, 0.25) is 11.7 Å². The average Bonchev–Trinajstić information content (AvgIpc) is 2.94. The number of amides is 1. The van der Waals surface area contributed by atoms with Gasteiger partial charge in [0.05, 0.1) is 11.4 Å². The Morgan fingerprint density at radius 3 is 2.94 bits per heavy atom. The summed E-state index contributed by atoms with van der Waals surface area (Å²) >= 11 is 5.43. The van der Waals surface area contributed by atoms with Crippen LogP contribution in [0.15, 0.2) is 36.5 Å². The second kappa shape index (κ2) is 3.99. The Balaban J connectivity index is 2.05. The number of carbonyl (C=O) groups is 2. The molecule has 2 heterocycles. The van der Waals surface area contributed by atoms with Gasteiger partial charge in [-0.1, -0.05) is 0 Å². The van der Waals surface area contributed by atoms with E-state index >= 15 is 0 Å². The van der Waals surface area contributed by atoms with Crippen LogP contribution in [0.3, 0.4) is 0 Å². The van der Waals surface area contributed by atoms with Gasteiger partial charge < -0.3 is 9.88 Å². The number of carbonyl (C=O) groups excluding carboxylic acids is 2. The van der Waals surface area contributed by atoms with E-state index in [2.05, 4.69) is 5.32 Å². The maximum absolute atomic E-state index is 12.0. The molecular weight excluding hydrogens is 252 g/mol. The highest BCUT2D eigenvalue weighted by molar-refractivity contribution is 6.29. The highest BCUT2D eigenvalue weighted by Gasteiger charge is 2.26. The van der Waals surface area contributed by atoms with Gasteiger partial charge >= 0.3 is 0 Å². The summed E-state index contributed by atoms with van der Waals surface area (Å²) in [5.41, 5.74) is 2.71. The van der Waals surface area contributed by atoms with E-state index in [1.54, 1.807) is 24.3 Å². The third-order valence-corrected chi connectivity index (χ3v) is 3.13. The lowest BCUT2D eigenvalue weighted by Gasteiger charge is -2.06. The van der Waals surface area contributed by atoms with E-state index in [-0.39, 0.29) is 17.6 Å². The number of alkyl halides is 1. The first-order chi connectivity index (χ1) is 8.70. The molecule has 0 saturated heterocycles. The number of nitrogens with zero attached hydrogens (tertiary/aromatic N) is 1. The van der Waals surface area contributed by atoms with Crippen molar-refractivity contribution in [2.24, 2.45) is 0 Å². The first-order valence-electron chi connectivity index (χ1n) is 5.43. The van der Waals surface area contributed by atoms with E-state index in [9.17, 15) is 9.59 Å². The lowest BCUT2D eigenvalue weighted by atomic mass is 10.1. The van der Waals surface area contributed by atoms with Crippen LogP contribution < -0.4 is 5.32 Å². The molecule has 18 heavy (non-hydrogen) atoms. The van der Waals surface area contributed by atoms with E-state index in [1.807, 2.05) is 16.8 Å². The predicted octanol–water partition coefficient (Wildman–Crippen LogP) is 2.20. The molecule has 0 spiro atoms. The first-order valence-corrected chi connectivity index (χ1v) is 5.96. The molecule has 2 aromatic rings. The lowest BCUT2D eigenvalue weighted by molar-refractivity contribution is -0.113.